The maximum atomic E-state index is 12.1. The molecule has 1 aromatic rings. The number of nitrogens with zero attached hydrogens (tertiary/aromatic N) is 1. The van der Waals surface area contributed by atoms with Gasteiger partial charge in [0.2, 0.25) is 10.0 Å². The summed E-state index contributed by atoms with van der Waals surface area (Å²) >= 11 is 0. The summed E-state index contributed by atoms with van der Waals surface area (Å²) in [5, 5.41) is 7.92. The Bertz CT molecular complexity index is 650. The molecule has 2 atom stereocenters. The van der Waals surface area contributed by atoms with Crippen LogP contribution in [0.3, 0.4) is 0 Å². The fourth-order valence-corrected chi connectivity index (χ4v) is 3.78. The minimum atomic E-state index is -3.80. The lowest BCUT2D eigenvalue weighted by atomic mass is 9.92. The largest absolute Gasteiger partial charge is 0.351 e. The molecule has 2 rings (SSSR count). The van der Waals surface area contributed by atoms with Gasteiger partial charge in [0, 0.05) is 31.7 Å². The van der Waals surface area contributed by atoms with Crippen molar-refractivity contribution >= 4 is 15.9 Å². The summed E-state index contributed by atoms with van der Waals surface area (Å²) in [6.45, 7) is 7.95. The maximum absolute atomic E-state index is 12.1. The van der Waals surface area contributed by atoms with Crippen molar-refractivity contribution in [1.29, 1.82) is 0 Å². The molecule has 6 nitrogen and oxygen atoms in total. The molecule has 1 saturated heterocycles. The van der Waals surface area contributed by atoms with Crippen molar-refractivity contribution < 1.29 is 13.2 Å². The molecule has 0 bridgehead atoms. The van der Waals surface area contributed by atoms with E-state index in [1.54, 1.807) is 6.07 Å². The molecule has 3 N–H and O–H groups in total. The SMILES string of the molecule is C[C@H]1C[C@H](C)CN(CCNC(=O)c2cccc(S(N)(=O)=O)c2)C1. The van der Waals surface area contributed by atoms with E-state index in [0.29, 0.717) is 23.9 Å². The number of rotatable bonds is 5. The van der Waals surface area contributed by atoms with Crippen molar-refractivity contribution in [3.63, 3.8) is 0 Å². The van der Waals surface area contributed by atoms with Crippen LogP contribution in [-0.4, -0.2) is 45.4 Å². The maximum Gasteiger partial charge on any atom is 0.251 e. The van der Waals surface area contributed by atoms with Crippen LogP contribution >= 0.6 is 0 Å². The van der Waals surface area contributed by atoms with E-state index in [9.17, 15) is 13.2 Å². The Labute approximate surface area is 138 Å². The molecule has 0 spiro atoms. The number of sulfonamides is 1. The Morgan fingerprint density at radius 2 is 1.96 bits per heavy atom. The number of hydrogen-bond donors (Lipinski definition) is 2. The molecule has 1 aliphatic rings. The number of nitrogens with one attached hydrogen (secondary N) is 1. The molecule has 0 radical (unpaired) electrons. The zero-order valence-corrected chi connectivity index (χ0v) is 14.5. The number of amides is 1. The standard InChI is InChI=1S/C16H25N3O3S/c1-12-8-13(2)11-19(10-12)7-6-18-16(20)14-4-3-5-15(9-14)23(17,21)22/h3-5,9,12-13H,6-8,10-11H2,1-2H3,(H,18,20)(H2,17,21,22)/t12-,13-/m0/s1. The number of piperidine rings is 1. The van der Waals surface area contributed by atoms with Crippen molar-refractivity contribution in [2.45, 2.75) is 25.2 Å². The molecule has 0 aliphatic carbocycles. The fourth-order valence-electron chi connectivity index (χ4n) is 3.22. The molecule has 0 aromatic heterocycles. The second-order valence-corrected chi connectivity index (χ2v) is 8.10. The molecule has 1 aliphatic heterocycles. The predicted octanol–water partition coefficient (Wildman–Crippen LogP) is 1.04. The van der Waals surface area contributed by atoms with Gasteiger partial charge in [0.15, 0.2) is 0 Å². The summed E-state index contributed by atoms with van der Waals surface area (Å²) in [7, 11) is -3.80. The average Bonchev–Trinajstić information content (AvgIpc) is 2.45. The van der Waals surface area contributed by atoms with E-state index in [0.717, 1.165) is 19.6 Å². The highest BCUT2D eigenvalue weighted by atomic mass is 32.2. The van der Waals surface area contributed by atoms with Crippen molar-refractivity contribution in [3.05, 3.63) is 29.8 Å². The number of primary sulfonamides is 1. The Balaban J connectivity index is 1.88. The quantitative estimate of drug-likeness (QED) is 0.838. The fraction of sp³-hybridized carbons (Fsp3) is 0.562. The third-order valence-corrected chi connectivity index (χ3v) is 4.99. The van der Waals surface area contributed by atoms with Gasteiger partial charge in [-0.2, -0.15) is 0 Å². The van der Waals surface area contributed by atoms with Crippen molar-refractivity contribution in [1.82, 2.24) is 10.2 Å². The van der Waals surface area contributed by atoms with Crippen LogP contribution in [0.1, 0.15) is 30.6 Å². The van der Waals surface area contributed by atoms with E-state index in [-0.39, 0.29) is 10.8 Å². The number of benzene rings is 1. The Morgan fingerprint density at radius 3 is 2.57 bits per heavy atom. The predicted molar refractivity (Wildman–Crippen MR) is 89.5 cm³/mol. The van der Waals surface area contributed by atoms with Gasteiger partial charge in [-0.05, 0) is 36.5 Å². The van der Waals surface area contributed by atoms with E-state index < -0.39 is 10.0 Å². The van der Waals surface area contributed by atoms with Crippen molar-refractivity contribution in [2.75, 3.05) is 26.2 Å². The summed E-state index contributed by atoms with van der Waals surface area (Å²) in [4.78, 5) is 14.4. The number of nitrogens with two attached hydrogens (primary N) is 1. The van der Waals surface area contributed by atoms with E-state index in [4.69, 9.17) is 5.14 Å². The molecular weight excluding hydrogens is 314 g/mol. The summed E-state index contributed by atoms with van der Waals surface area (Å²) in [6.07, 6.45) is 1.25. The average molecular weight is 339 g/mol. The van der Waals surface area contributed by atoms with E-state index in [1.807, 2.05) is 0 Å². The minimum Gasteiger partial charge on any atom is -0.351 e. The topological polar surface area (TPSA) is 92.5 Å². The molecule has 1 fully saturated rings. The molecule has 0 saturated carbocycles. The van der Waals surface area contributed by atoms with Gasteiger partial charge in [-0.15, -0.1) is 0 Å². The normalized spacial score (nSPS) is 22.7. The molecule has 1 aromatic carbocycles. The molecule has 1 heterocycles. The third-order valence-electron chi connectivity index (χ3n) is 4.08. The molecule has 23 heavy (non-hydrogen) atoms. The van der Waals surface area contributed by atoms with Crippen LogP contribution < -0.4 is 10.5 Å². The number of carbonyl (C=O) groups is 1. The number of carbonyl (C=O) groups excluding carboxylic acids is 1. The third kappa shape index (κ3) is 5.30. The second kappa shape index (κ2) is 7.42. The van der Waals surface area contributed by atoms with Crippen LogP contribution in [0, 0.1) is 11.8 Å². The summed E-state index contributed by atoms with van der Waals surface area (Å²) in [5.74, 6) is 1.08. The van der Waals surface area contributed by atoms with Gasteiger partial charge in [0.1, 0.15) is 0 Å². The van der Waals surface area contributed by atoms with E-state index in [2.05, 4.69) is 24.1 Å². The zero-order valence-electron chi connectivity index (χ0n) is 13.7. The molecule has 7 heteroatoms. The van der Waals surface area contributed by atoms with Gasteiger partial charge >= 0.3 is 0 Å². The monoisotopic (exact) mass is 339 g/mol. The Hall–Kier alpha value is -1.44. The molecule has 0 unspecified atom stereocenters. The molecule has 128 valence electrons. The lowest BCUT2D eigenvalue weighted by Gasteiger charge is -2.34. The molecular formula is C16H25N3O3S. The highest BCUT2D eigenvalue weighted by Gasteiger charge is 2.21. The van der Waals surface area contributed by atoms with Gasteiger partial charge in [0.25, 0.3) is 5.91 Å². The zero-order chi connectivity index (χ0) is 17.0. The van der Waals surface area contributed by atoms with Crippen LogP contribution in [0.5, 0.6) is 0 Å². The molecule has 1 amide bonds. The van der Waals surface area contributed by atoms with Crippen LogP contribution in [0.15, 0.2) is 29.2 Å². The first kappa shape index (κ1) is 17.9. The van der Waals surface area contributed by atoms with Crippen molar-refractivity contribution in [3.8, 4) is 0 Å². The van der Waals surface area contributed by atoms with Gasteiger partial charge in [-0.3, -0.25) is 4.79 Å². The van der Waals surface area contributed by atoms with Crippen LogP contribution in [0.4, 0.5) is 0 Å². The first-order chi connectivity index (χ1) is 10.8. The summed E-state index contributed by atoms with van der Waals surface area (Å²) in [6, 6.07) is 5.77. The Kier molecular flexibility index (Phi) is 5.78. The highest BCUT2D eigenvalue weighted by Crippen LogP contribution is 2.20. The van der Waals surface area contributed by atoms with Gasteiger partial charge < -0.3 is 10.2 Å². The summed E-state index contributed by atoms with van der Waals surface area (Å²) < 4.78 is 22.7. The first-order valence-corrected chi connectivity index (χ1v) is 9.43. The number of likely N-dealkylation sites (tertiary alicyclic amines) is 1. The smallest absolute Gasteiger partial charge is 0.251 e. The van der Waals surface area contributed by atoms with E-state index in [1.165, 1.54) is 24.6 Å². The second-order valence-electron chi connectivity index (χ2n) is 6.53. The highest BCUT2D eigenvalue weighted by molar-refractivity contribution is 7.89. The lowest BCUT2D eigenvalue weighted by molar-refractivity contribution is 0.0936. The van der Waals surface area contributed by atoms with Gasteiger partial charge in [-0.1, -0.05) is 19.9 Å². The van der Waals surface area contributed by atoms with Crippen molar-refractivity contribution in [2.24, 2.45) is 17.0 Å². The van der Waals surface area contributed by atoms with Crippen LogP contribution in [0.25, 0.3) is 0 Å². The van der Waals surface area contributed by atoms with Gasteiger partial charge in [-0.25, -0.2) is 13.6 Å². The van der Waals surface area contributed by atoms with Crippen LogP contribution in [-0.2, 0) is 10.0 Å². The van der Waals surface area contributed by atoms with Crippen LogP contribution in [0.2, 0.25) is 0 Å². The lowest BCUT2D eigenvalue weighted by Crippen LogP contribution is -2.42. The first-order valence-electron chi connectivity index (χ1n) is 7.89. The van der Waals surface area contributed by atoms with E-state index >= 15 is 0 Å². The Morgan fingerprint density at radius 1 is 1.30 bits per heavy atom. The summed E-state index contributed by atoms with van der Waals surface area (Å²) in [5.41, 5.74) is 0.303. The van der Waals surface area contributed by atoms with Gasteiger partial charge in [0.05, 0.1) is 4.90 Å². The minimum absolute atomic E-state index is 0.0520. The number of hydrogen-bond acceptors (Lipinski definition) is 4.